The van der Waals surface area contributed by atoms with E-state index in [0.717, 1.165) is 0 Å². The number of rotatable bonds is 3. The van der Waals surface area contributed by atoms with Crippen LogP contribution in [-0.4, -0.2) is 56.5 Å². The van der Waals surface area contributed by atoms with Crippen molar-refractivity contribution in [2.75, 3.05) is 33.0 Å². The van der Waals surface area contributed by atoms with Gasteiger partial charge in [-0.05, 0) is 29.6 Å². The highest BCUT2D eigenvalue weighted by Crippen LogP contribution is 2.33. The fraction of sp³-hybridized carbons (Fsp3) is 0.312. The van der Waals surface area contributed by atoms with Crippen molar-refractivity contribution in [3.05, 3.63) is 41.3 Å². The lowest BCUT2D eigenvalue weighted by atomic mass is 10.1. The van der Waals surface area contributed by atoms with Gasteiger partial charge >= 0.3 is 0 Å². The number of piperazine rings is 1. The quantitative estimate of drug-likeness (QED) is 0.809. The van der Waals surface area contributed by atoms with Gasteiger partial charge in [0.25, 0.3) is 15.9 Å². The van der Waals surface area contributed by atoms with Crippen LogP contribution in [-0.2, 0) is 10.0 Å². The third kappa shape index (κ3) is 2.99. The van der Waals surface area contributed by atoms with Gasteiger partial charge in [0, 0.05) is 31.7 Å². The number of fused-ring (bicyclic) bond motifs is 1. The summed E-state index contributed by atoms with van der Waals surface area (Å²) < 4.78 is 37.4. The van der Waals surface area contributed by atoms with Crippen LogP contribution in [0.3, 0.4) is 0 Å². The molecule has 0 aliphatic carbocycles. The number of nitrogens with zero attached hydrogens (tertiary/aromatic N) is 2. The molecule has 0 radical (unpaired) electrons. The fourth-order valence-corrected chi connectivity index (χ4v) is 5.45. The van der Waals surface area contributed by atoms with Gasteiger partial charge in [0.15, 0.2) is 11.5 Å². The molecular weight excluding hydrogens is 364 g/mol. The first-order valence-electron chi connectivity index (χ1n) is 7.78. The van der Waals surface area contributed by atoms with E-state index in [-0.39, 0.29) is 25.8 Å². The Hall–Kier alpha value is -2.10. The number of benzene rings is 1. The van der Waals surface area contributed by atoms with Crippen LogP contribution < -0.4 is 9.47 Å². The summed E-state index contributed by atoms with van der Waals surface area (Å²) >= 11 is 1.20. The van der Waals surface area contributed by atoms with Crippen molar-refractivity contribution in [2.45, 2.75) is 4.21 Å². The zero-order valence-corrected chi connectivity index (χ0v) is 14.9. The Bertz CT molecular complexity index is 887. The fourth-order valence-electron chi connectivity index (χ4n) is 2.88. The molecule has 1 aromatic heterocycles. The second-order valence-corrected chi connectivity index (χ2v) is 8.81. The highest BCUT2D eigenvalue weighted by atomic mass is 32.2. The summed E-state index contributed by atoms with van der Waals surface area (Å²) in [5.41, 5.74) is 0.513. The molecule has 4 rings (SSSR count). The van der Waals surface area contributed by atoms with E-state index in [9.17, 15) is 13.2 Å². The minimum Gasteiger partial charge on any atom is -0.454 e. The third-order valence-corrected chi connectivity index (χ3v) is 7.51. The summed E-state index contributed by atoms with van der Waals surface area (Å²) in [6.07, 6.45) is 0. The Morgan fingerprint density at radius 3 is 2.52 bits per heavy atom. The Morgan fingerprint density at radius 2 is 1.80 bits per heavy atom. The van der Waals surface area contributed by atoms with Gasteiger partial charge in [0.05, 0.1) is 0 Å². The topological polar surface area (TPSA) is 76.2 Å². The van der Waals surface area contributed by atoms with Crippen molar-refractivity contribution < 1.29 is 22.7 Å². The lowest BCUT2D eigenvalue weighted by molar-refractivity contribution is 0.0697. The number of hydrogen-bond acceptors (Lipinski definition) is 6. The molecule has 0 spiro atoms. The highest BCUT2D eigenvalue weighted by Gasteiger charge is 2.31. The molecule has 0 unspecified atom stereocenters. The van der Waals surface area contributed by atoms with Crippen LogP contribution in [0.15, 0.2) is 39.9 Å². The molecule has 2 aliphatic heterocycles. The Morgan fingerprint density at radius 1 is 1.04 bits per heavy atom. The minimum absolute atomic E-state index is 0.133. The van der Waals surface area contributed by atoms with E-state index in [2.05, 4.69) is 0 Å². The second-order valence-electron chi connectivity index (χ2n) is 5.70. The second kappa shape index (κ2) is 6.32. The molecule has 25 heavy (non-hydrogen) atoms. The Labute approximate surface area is 149 Å². The van der Waals surface area contributed by atoms with Gasteiger partial charge in [-0.15, -0.1) is 11.3 Å². The minimum atomic E-state index is -3.46. The van der Waals surface area contributed by atoms with E-state index >= 15 is 0 Å². The molecular formula is C16H16N2O5S2. The average Bonchev–Trinajstić information content (AvgIpc) is 3.32. The Balaban J connectivity index is 1.44. The molecule has 1 saturated heterocycles. The van der Waals surface area contributed by atoms with Crippen molar-refractivity contribution in [3.8, 4) is 11.5 Å². The standard InChI is InChI=1S/C16H16N2O5S2/c19-16(12-3-4-13-14(10-12)23-11-22-13)17-5-7-18(8-6-17)25(20,21)15-2-1-9-24-15/h1-4,9-10H,5-8,11H2. The van der Waals surface area contributed by atoms with Gasteiger partial charge in [0.2, 0.25) is 6.79 Å². The van der Waals surface area contributed by atoms with E-state index in [0.29, 0.717) is 34.4 Å². The lowest BCUT2D eigenvalue weighted by Crippen LogP contribution is -2.50. The van der Waals surface area contributed by atoms with Gasteiger partial charge < -0.3 is 14.4 Å². The summed E-state index contributed by atoms with van der Waals surface area (Å²) in [5.74, 6) is 1.06. The van der Waals surface area contributed by atoms with Crippen molar-refractivity contribution in [1.29, 1.82) is 0 Å². The van der Waals surface area contributed by atoms with Crippen molar-refractivity contribution in [1.82, 2.24) is 9.21 Å². The molecule has 0 saturated carbocycles. The molecule has 0 bridgehead atoms. The van der Waals surface area contributed by atoms with Gasteiger partial charge in [-0.25, -0.2) is 8.42 Å². The van der Waals surface area contributed by atoms with Gasteiger partial charge in [-0.3, -0.25) is 4.79 Å². The Kier molecular flexibility index (Phi) is 4.14. The summed E-state index contributed by atoms with van der Waals surface area (Å²) in [7, 11) is -3.46. The van der Waals surface area contributed by atoms with Crippen molar-refractivity contribution in [3.63, 3.8) is 0 Å². The third-order valence-electron chi connectivity index (χ3n) is 4.23. The SMILES string of the molecule is O=C(c1ccc2c(c1)OCO2)N1CCN(S(=O)(=O)c2cccs2)CC1. The van der Waals surface area contributed by atoms with Crippen molar-refractivity contribution >= 4 is 27.3 Å². The van der Waals surface area contributed by atoms with Crippen LogP contribution in [0.5, 0.6) is 11.5 Å². The molecule has 1 amide bonds. The van der Waals surface area contributed by atoms with Gasteiger partial charge in [-0.2, -0.15) is 4.31 Å². The first-order valence-corrected chi connectivity index (χ1v) is 10.1. The number of carbonyl (C=O) groups is 1. The summed E-state index contributed by atoms with van der Waals surface area (Å²) in [4.78, 5) is 14.3. The number of hydrogen-bond donors (Lipinski definition) is 0. The van der Waals surface area contributed by atoms with Crippen LogP contribution in [0.25, 0.3) is 0 Å². The number of carbonyl (C=O) groups excluding carboxylic acids is 1. The number of amides is 1. The molecule has 0 N–H and O–H groups in total. The molecule has 9 heteroatoms. The van der Waals surface area contributed by atoms with E-state index < -0.39 is 10.0 Å². The first-order chi connectivity index (χ1) is 12.1. The predicted molar refractivity (Wildman–Crippen MR) is 91.5 cm³/mol. The van der Waals surface area contributed by atoms with Crippen molar-refractivity contribution in [2.24, 2.45) is 0 Å². The molecule has 132 valence electrons. The normalized spacial score (nSPS) is 17.7. The van der Waals surface area contributed by atoms with Crippen LogP contribution in [0.2, 0.25) is 0 Å². The number of sulfonamides is 1. The largest absolute Gasteiger partial charge is 0.454 e. The maximum atomic E-state index is 12.6. The van der Waals surface area contributed by atoms with E-state index in [1.165, 1.54) is 15.6 Å². The maximum absolute atomic E-state index is 12.6. The molecule has 2 aromatic rings. The maximum Gasteiger partial charge on any atom is 0.254 e. The average molecular weight is 380 g/mol. The monoisotopic (exact) mass is 380 g/mol. The van der Waals surface area contributed by atoms with E-state index in [1.807, 2.05) is 0 Å². The molecule has 2 aliphatic rings. The molecule has 0 atom stereocenters. The number of ether oxygens (including phenoxy) is 2. The zero-order valence-electron chi connectivity index (χ0n) is 13.3. The van der Waals surface area contributed by atoms with Crippen LogP contribution in [0, 0.1) is 0 Å². The molecule has 7 nitrogen and oxygen atoms in total. The highest BCUT2D eigenvalue weighted by molar-refractivity contribution is 7.91. The summed E-state index contributed by atoms with van der Waals surface area (Å²) in [5, 5.41) is 1.74. The van der Waals surface area contributed by atoms with Crippen LogP contribution >= 0.6 is 11.3 Å². The predicted octanol–water partition coefficient (Wildman–Crippen LogP) is 1.62. The molecule has 1 fully saturated rings. The molecule has 3 heterocycles. The zero-order chi connectivity index (χ0) is 17.4. The number of thiophene rings is 1. The van der Waals surface area contributed by atoms with Gasteiger partial charge in [0.1, 0.15) is 4.21 Å². The van der Waals surface area contributed by atoms with E-state index in [4.69, 9.17) is 9.47 Å². The summed E-state index contributed by atoms with van der Waals surface area (Å²) in [6, 6.07) is 8.40. The van der Waals surface area contributed by atoms with Crippen LogP contribution in [0.1, 0.15) is 10.4 Å². The summed E-state index contributed by atoms with van der Waals surface area (Å²) in [6.45, 7) is 1.45. The first kappa shape index (κ1) is 16.4. The van der Waals surface area contributed by atoms with E-state index in [1.54, 1.807) is 40.6 Å². The molecule has 1 aromatic carbocycles. The van der Waals surface area contributed by atoms with Gasteiger partial charge in [-0.1, -0.05) is 6.07 Å². The smallest absolute Gasteiger partial charge is 0.254 e. The van der Waals surface area contributed by atoms with Crippen LogP contribution in [0.4, 0.5) is 0 Å². The lowest BCUT2D eigenvalue weighted by Gasteiger charge is -2.33.